The fourth-order valence-electron chi connectivity index (χ4n) is 2.71. The molecule has 5 atom stereocenters. The Morgan fingerprint density at radius 2 is 1.42 bits per heavy atom. The van der Waals surface area contributed by atoms with Crippen molar-refractivity contribution in [2.24, 2.45) is 29.0 Å². The molecular formula is C19H36N6O6. The number of amides is 5. The summed E-state index contributed by atoms with van der Waals surface area (Å²) < 4.78 is 0. The SMILES string of the molecule is CC[C@H](C)[C@H](NC(=O)[C@@H](N)CO)C(=O)N[C@@H](CC(C)C)C(=O)N[C@@H](CC(N)=O)C(N)=O. The summed E-state index contributed by atoms with van der Waals surface area (Å²) in [4.78, 5) is 60.4. The molecule has 0 saturated carbocycles. The van der Waals surface area contributed by atoms with Gasteiger partial charge in [0.1, 0.15) is 24.2 Å². The Kier molecular flexibility index (Phi) is 12.4. The highest BCUT2D eigenvalue weighted by molar-refractivity contribution is 5.95. The van der Waals surface area contributed by atoms with Crippen molar-refractivity contribution in [1.82, 2.24) is 16.0 Å². The van der Waals surface area contributed by atoms with Gasteiger partial charge in [-0.3, -0.25) is 24.0 Å². The average molecular weight is 445 g/mol. The lowest BCUT2D eigenvalue weighted by Crippen LogP contribution is -2.59. The predicted octanol–water partition coefficient (Wildman–Crippen LogP) is -2.79. The van der Waals surface area contributed by atoms with Crippen LogP contribution in [0, 0.1) is 11.8 Å². The molecule has 0 saturated heterocycles. The summed E-state index contributed by atoms with van der Waals surface area (Å²) in [5, 5.41) is 16.5. The summed E-state index contributed by atoms with van der Waals surface area (Å²) in [5.41, 5.74) is 15.8. The van der Waals surface area contributed by atoms with Crippen molar-refractivity contribution in [1.29, 1.82) is 0 Å². The van der Waals surface area contributed by atoms with E-state index < -0.39 is 66.7 Å². The highest BCUT2D eigenvalue weighted by Crippen LogP contribution is 2.11. The van der Waals surface area contributed by atoms with Gasteiger partial charge in [-0.1, -0.05) is 34.1 Å². The van der Waals surface area contributed by atoms with Crippen molar-refractivity contribution < 1.29 is 29.1 Å². The van der Waals surface area contributed by atoms with E-state index in [4.69, 9.17) is 22.3 Å². The molecule has 31 heavy (non-hydrogen) atoms. The molecule has 10 N–H and O–H groups in total. The van der Waals surface area contributed by atoms with Crippen LogP contribution < -0.4 is 33.2 Å². The molecule has 12 nitrogen and oxygen atoms in total. The second-order valence-electron chi connectivity index (χ2n) is 7.99. The van der Waals surface area contributed by atoms with Crippen LogP contribution in [-0.2, 0) is 24.0 Å². The Labute approximate surface area is 182 Å². The second kappa shape index (κ2) is 13.5. The second-order valence-corrected chi connectivity index (χ2v) is 7.99. The van der Waals surface area contributed by atoms with Crippen molar-refractivity contribution in [2.45, 2.75) is 71.1 Å². The standard InChI is InChI=1S/C19H36N6O6/c1-5-10(4)15(25-17(29)11(20)8-26)19(31)24-13(6-9(2)3)18(30)23-12(16(22)28)7-14(21)27/h9-13,15,26H,5-8,20H2,1-4H3,(H2,21,27)(H2,22,28)(H,23,30)(H,24,31)(H,25,29)/t10-,11-,12-,13-,15-/m0/s1. The number of carbonyl (C=O) groups is 5. The number of nitrogens with one attached hydrogen (secondary N) is 3. The van der Waals surface area contributed by atoms with Crippen LogP contribution in [0.2, 0.25) is 0 Å². The minimum atomic E-state index is -1.32. The zero-order valence-electron chi connectivity index (χ0n) is 18.5. The fourth-order valence-corrected chi connectivity index (χ4v) is 2.71. The van der Waals surface area contributed by atoms with Gasteiger partial charge in [-0.2, -0.15) is 0 Å². The van der Waals surface area contributed by atoms with Gasteiger partial charge in [0.2, 0.25) is 29.5 Å². The van der Waals surface area contributed by atoms with Gasteiger partial charge in [-0.25, -0.2) is 0 Å². The van der Waals surface area contributed by atoms with Gasteiger partial charge in [-0.15, -0.1) is 0 Å². The van der Waals surface area contributed by atoms with Crippen molar-refractivity contribution in [3.63, 3.8) is 0 Å². The van der Waals surface area contributed by atoms with Crippen molar-refractivity contribution >= 4 is 29.5 Å². The Hall–Kier alpha value is -2.73. The number of aliphatic hydroxyl groups is 1. The Balaban J connectivity index is 5.54. The van der Waals surface area contributed by atoms with Crippen LogP contribution in [-0.4, -0.2) is 65.4 Å². The molecule has 0 unspecified atom stereocenters. The lowest BCUT2D eigenvalue weighted by Gasteiger charge is -2.28. The summed E-state index contributed by atoms with van der Waals surface area (Å²) in [7, 11) is 0. The molecule has 0 rings (SSSR count). The van der Waals surface area contributed by atoms with Crippen LogP contribution in [0.25, 0.3) is 0 Å². The third kappa shape index (κ3) is 10.2. The number of primary amides is 2. The summed E-state index contributed by atoms with van der Waals surface area (Å²) in [5.74, 6) is -4.13. The molecule has 0 aromatic rings. The average Bonchev–Trinajstić information content (AvgIpc) is 2.68. The minimum absolute atomic E-state index is 0.0151. The third-order valence-electron chi connectivity index (χ3n) is 4.73. The van der Waals surface area contributed by atoms with E-state index in [0.717, 1.165) is 0 Å². The number of hydrogen-bond acceptors (Lipinski definition) is 7. The van der Waals surface area contributed by atoms with E-state index in [0.29, 0.717) is 6.42 Å². The van der Waals surface area contributed by atoms with Gasteiger partial charge in [-0.05, 0) is 18.3 Å². The van der Waals surface area contributed by atoms with E-state index in [1.165, 1.54) is 0 Å². The molecule has 5 amide bonds. The monoisotopic (exact) mass is 444 g/mol. The van der Waals surface area contributed by atoms with Gasteiger partial charge in [0.15, 0.2) is 0 Å². The van der Waals surface area contributed by atoms with Crippen LogP contribution in [0.3, 0.4) is 0 Å². The zero-order chi connectivity index (χ0) is 24.3. The first kappa shape index (κ1) is 28.3. The molecule has 0 fully saturated rings. The van der Waals surface area contributed by atoms with E-state index in [2.05, 4.69) is 16.0 Å². The Bertz CT molecular complexity index is 656. The number of aliphatic hydroxyl groups excluding tert-OH is 1. The number of nitrogens with two attached hydrogens (primary N) is 3. The first-order valence-electron chi connectivity index (χ1n) is 10.2. The first-order chi connectivity index (χ1) is 14.3. The van der Waals surface area contributed by atoms with Gasteiger partial charge >= 0.3 is 0 Å². The van der Waals surface area contributed by atoms with E-state index >= 15 is 0 Å². The summed E-state index contributed by atoms with van der Waals surface area (Å²) in [6.07, 6.45) is 0.279. The van der Waals surface area contributed by atoms with Crippen LogP contribution in [0.1, 0.15) is 47.0 Å². The van der Waals surface area contributed by atoms with Crippen molar-refractivity contribution in [3.05, 3.63) is 0 Å². The molecule has 0 bridgehead atoms. The maximum absolute atomic E-state index is 12.9. The molecule has 0 radical (unpaired) electrons. The van der Waals surface area contributed by atoms with Gasteiger partial charge < -0.3 is 38.3 Å². The van der Waals surface area contributed by atoms with E-state index in [1.807, 2.05) is 20.8 Å². The molecule has 12 heteroatoms. The molecule has 0 aliphatic carbocycles. The van der Waals surface area contributed by atoms with Crippen LogP contribution in [0.15, 0.2) is 0 Å². The normalized spacial score (nSPS) is 15.8. The minimum Gasteiger partial charge on any atom is -0.394 e. The smallest absolute Gasteiger partial charge is 0.243 e. The van der Waals surface area contributed by atoms with Crippen molar-refractivity contribution in [3.8, 4) is 0 Å². The summed E-state index contributed by atoms with van der Waals surface area (Å²) in [6.45, 7) is 6.63. The van der Waals surface area contributed by atoms with Crippen LogP contribution in [0.4, 0.5) is 0 Å². The fraction of sp³-hybridized carbons (Fsp3) is 0.737. The Morgan fingerprint density at radius 3 is 1.84 bits per heavy atom. The van der Waals surface area contributed by atoms with Gasteiger partial charge in [0.25, 0.3) is 0 Å². The van der Waals surface area contributed by atoms with E-state index in [1.54, 1.807) is 6.92 Å². The molecule has 0 aromatic heterocycles. The first-order valence-corrected chi connectivity index (χ1v) is 10.2. The third-order valence-corrected chi connectivity index (χ3v) is 4.73. The highest BCUT2D eigenvalue weighted by Gasteiger charge is 2.32. The maximum Gasteiger partial charge on any atom is 0.243 e. The van der Waals surface area contributed by atoms with E-state index in [9.17, 15) is 24.0 Å². The molecule has 0 spiro atoms. The highest BCUT2D eigenvalue weighted by atomic mass is 16.3. The summed E-state index contributed by atoms with van der Waals surface area (Å²) >= 11 is 0. The predicted molar refractivity (Wildman–Crippen MR) is 113 cm³/mol. The summed E-state index contributed by atoms with van der Waals surface area (Å²) in [6, 6.07) is -4.57. The number of hydrogen-bond donors (Lipinski definition) is 7. The van der Waals surface area contributed by atoms with Gasteiger partial charge in [0.05, 0.1) is 13.0 Å². The molecule has 0 aliphatic heterocycles. The van der Waals surface area contributed by atoms with E-state index in [-0.39, 0.29) is 18.3 Å². The van der Waals surface area contributed by atoms with Crippen LogP contribution in [0.5, 0.6) is 0 Å². The zero-order valence-corrected chi connectivity index (χ0v) is 18.5. The largest absolute Gasteiger partial charge is 0.394 e. The molecule has 0 aromatic carbocycles. The lowest BCUT2D eigenvalue weighted by atomic mass is 9.96. The quantitative estimate of drug-likeness (QED) is 0.149. The van der Waals surface area contributed by atoms with Crippen molar-refractivity contribution in [2.75, 3.05) is 6.61 Å². The molecule has 0 heterocycles. The van der Waals surface area contributed by atoms with Gasteiger partial charge in [0, 0.05) is 0 Å². The molecule has 178 valence electrons. The number of carbonyl (C=O) groups excluding carboxylic acids is 5. The Morgan fingerprint density at radius 1 is 0.871 bits per heavy atom. The molecule has 0 aliphatic rings. The lowest BCUT2D eigenvalue weighted by molar-refractivity contribution is -0.135. The van der Waals surface area contributed by atoms with Crippen LogP contribution >= 0.6 is 0 Å². The number of rotatable bonds is 14. The molecular weight excluding hydrogens is 408 g/mol. The topological polar surface area (TPSA) is 220 Å². The maximum atomic E-state index is 12.9.